The van der Waals surface area contributed by atoms with E-state index in [1.54, 1.807) is 104 Å². The fourth-order valence-electron chi connectivity index (χ4n) is 8.53. The molecule has 6 unspecified atom stereocenters. The molecule has 15 rings (SSSR count). The van der Waals surface area contributed by atoms with Crippen LogP contribution < -0.4 is 28.8 Å². The van der Waals surface area contributed by atoms with Gasteiger partial charge in [0.15, 0.2) is 8.46 Å². The number of ether oxygens (including phenoxy) is 5. The van der Waals surface area contributed by atoms with Gasteiger partial charge in [-0.2, -0.15) is 108 Å². The number of rotatable bonds is 14. The SMILES string of the molecule is CC(CO)C(C)(C)C.CC(CO)Oc1ccccc1.CC(O)CC(C)(C)C.CC(O)COc1ccccc1.CC1CO1.CCC.CCC.CCC.CCC.CCC.Cc1cc[c-]cc1.Cc1cc[c-]cc1.O=Pc1ccccc1.Oc1ccccc1.Oc1ccccc1.Oc1ccccc1.Oc1ccccc1.POc1ccccc1.[Y].[Y].[c-]1ccc(Oc2ccccc2)cc1.[c-]1ccc(Oc2ccccc2)cc1. The van der Waals surface area contributed by atoms with Crippen LogP contribution >= 0.6 is 17.9 Å². The summed E-state index contributed by atoms with van der Waals surface area (Å²) in [7, 11) is 2.29. The maximum atomic E-state index is 10.1. The second-order valence-electron chi connectivity index (χ2n) is 33.3. The first-order valence-electron chi connectivity index (χ1n) is 48.2. The number of epoxide rings is 1. The Kier molecular flexibility index (Phi) is 108. The van der Waals surface area contributed by atoms with Gasteiger partial charge in [-0.05, 0) is 172 Å². The third-order valence-electron chi connectivity index (χ3n) is 15.6. The normalized spacial score (nSPS) is 10.8. The minimum Gasteiger partial charge on any atom is -0.508 e. The first-order chi connectivity index (χ1) is 67.6. The average Bonchev–Trinajstić information content (AvgIpc) is 1.44. The molecule has 1 saturated heterocycles. The molecule has 19 heteroatoms. The van der Waals surface area contributed by atoms with Crippen LogP contribution in [0.1, 0.15) is 195 Å². The number of aromatic hydroxyl groups is 4. The predicted octanol–water partition coefficient (Wildman–Crippen LogP) is 33.0. The quantitative estimate of drug-likeness (QED) is 0.0287. The van der Waals surface area contributed by atoms with Gasteiger partial charge in [-0.25, -0.2) is 0 Å². The van der Waals surface area contributed by atoms with E-state index in [9.17, 15) is 4.57 Å². The number of aliphatic hydroxyl groups excluding tert-OH is 4. The molecule has 1 fully saturated rings. The molecule has 0 spiro atoms. The summed E-state index contributed by atoms with van der Waals surface area (Å²) in [6, 6.07) is 134. The number of phenolic OH excluding ortho intramolecular Hbond substituents is 4. The standard InChI is InChI=1S/2C12H9O.2C9H12O2.2C7H16O.2C7H7.C6H5OP.C6H7OP.4C6H6O.C3H6O.5C3H8.2Y/c2*1-3-7-11(8-4-1)13-12-9-5-2-6-10-12;1-8(10)7-11-9-5-3-2-4-6-9;1-8(7-10)11-9-5-3-2-4-6-9;1-6(5-8)7(2,3)4;1-6(8)5-7(2,3)4;2*1-7-5-3-2-4-6-7;7-8-6-4-2-1-3-5-6;8-7-6-4-2-1-3-5-6;4*7-6-4-2-1-3-5-6;1-3-2-4-3;5*1-3-2;;/h2*1,3-10H;2*2-6,8,10H,7H2,1H3;2*6,8H,5H2,1-4H3;2*3-6H,1H3;1-5H;1-5H,8H2;4*1-5,7H;3H,2H2,1H3;5*3H2,1-2H3;;/q2*-1;;;;;2*-1;;;;;;;;;;;;;;. The number of para-hydroxylation sites is 9. The monoisotopic (exact) mass is 2140 g/mol. The number of hydrogen-bond acceptors (Lipinski definition) is 15. The van der Waals surface area contributed by atoms with E-state index in [2.05, 4.69) is 172 Å². The van der Waals surface area contributed by atoms with E-state index in [0.717, 1.165) is 58.6 Å². The molecule has 1 aliphatic heterocycles. The van der Waals surface area contributed by atoms with Crippen LogP contribution in [0.15, 0.2) is 400 Å². The molecule has 0 aromatic heterocycles. The summed E-state index contributed by atoms with van der Waals surface area (Å²) in [4.78, 5) is 0. The Balaban J connectivity index is -0.000000276. The second-order valence-corrected chi connectivity index (χ2v) is 34.2. The third kappa shape index (κ3) is 112. The van der Waals surface area contributed by atoms with Crippen molar-refractivity contribution in [3.05, 3.63) is 436 Å². The molecule has 8 N–H and O–H groups in total. The minimum absolute atomic E-state index is 0. The second kappa shape index (κ2) is 106. The van der Waals surface area contributed by atoms with Crippen LogP contribution in [-0.4, -0.2) is 91.7 Å². The fourth-order valence-corrected chi connectivity index (χ4v) is 8.98. The molecule has 1 aliphatic rings. The molecule has 1 heterocycles. The Morgan fingerprint density at radius 3 is 0.734 bits per heavy atom. The molecule has 776 valence electrons. The van der Waals surface area contributed by atoms with Crippen LogP contribution in [0.5, 0.6) is 63.2 Å². The molecule has 15 nitrogen and oxygen atoms in total. The van der Waals surface area contributed by atoms with Crippen LogP contribution in [0.3, 0.4) is 0 Å². The third-order valence-corrected chi connectivity index (χ3v) is 16.4. The molecule has 143 heavy (non-hydrogen) atoms. The van der Waals surface area contributed by atoms with Crippen molar-refractivity contribution < 1.29 is 139 Å². The molecular formula is C124H170O15P2Y2-4. The Labute approximate surface area is 918 Å². The van der Waals surface area contributed by atoms with Crippen molar-refractivity contribution in [2.24, 2.45) is 16.7 Å². The molecule has 14 aromatic rings. The van der Waals surface area contributed by atoms with E-state index in [4.69, 9.17) is 69.1 Å². The zero-order valence-electron chi connectivity index (χ0n) is 89.7. The van der Waals surface area contributed by atoms with E-state index in [0.29, 0.717) is 48.2 Å². The van der Waals surface area contributed by atoms with Crippen LogP contribution in [0.4, 0.5) is 0 Å². The molecule has 2 radical (unpaired) electrons. The maximum absolute atomic E-state index is 10.1. The van der Waals surface area contributed by atoms with Crippen molar-refractivity contribution in [2.45, 2.75) is 222 Å². The van der Waals surface area contributed by atoms with E-state index in [-0.39, 0.29) is 104 Å². The summed E-state index contributed by atoms with van der Waals surface area (Å²) in [5, 5.41) is 70.5. The van der Waals surface area contributed by atoms with Crippen LogP contribution in [0.2, 0.25) is 0 Å². The first kappa shape index (κ1) is 146. The van der Waals surface area contributed by atoms with Crippen molar-refractivity contribution in [2.75, 3.05) is 26.4 Å². The van der Waals surface area contributed by atoms with E-state index in [1.807, 2.05) is 317 Å². The Bertz CT molecular complexity index is 4320. The number of aliphatic hydroxyl groups is 4. The fraction of sp³-hybridized carbons (Fsp3) is 0.323. The van der Waals surface area contributed by atoms with Crippen molar-refractivity contribution in [3.63, 3.8) is 0 Å². The molecule has 0 bridgehead atoms. The Hall–Kier alpha value is -10.2. The first-order valence-corrected chi connectivity index (χ1v) is 49.5. The van der Waals surface area contributed by atoms with Crippen molar-refractivity contribution in [1.82, 2.24) is 0 Å². The van der Waals surface area contributed by atoms with Gasteiger partial charge in [-0.3, -0.25) is 4.57 Å². The molecular weight excluding hydrogens is 1970 g/mol. The molecule has 0 amide bonds. The van der Waals surface area contributed by atoms with Gasteiger partial charge in [0.1, 0.15) is 64.5 Å². The number of aryl methyl sites for hydroxylation is 2. The topological polar surface area (TPSA) is 238 Å². The van der Waals surface area contributed by atoms with Gasteiger partial charge in [0.2, 0.25) is 0 Å². The summed E-state index contributed by atoms with van der Waals surface area (Å²) >= 11 is 0. The van der Waals surface area contributed by atoms with Gasteiger partial charge in [0.05, 0.1) is 41.0 Å². The van der Waals surface area contributed by atoms with Crippen LogP contribution in [0.25, 0.3) is 0 Å². The summed E-state index contributed by atoms with van der Waals surface area (Å²) in [6.07, 6.45) is 7.02. The van der Waals surface area contributed by atoms with Gasteiger partial charge < -0.3 is 69.1 Å². The van der Waals surface area contributed by atoms with Gasteiger partial charge >= 0.3 is 0 Å². The van der Waals surface area contributed by atoms with E-state index < -0.39 is 6.10 Å². The van der Waals surface area contributed by atoms with Crippen molar-refractivity contribution in [1.29, 1.82) is 0 Å². The zero-order chi connectivity index (χ0) is 106. The Morgan fingerprint density at radius 1 is 0.357 bits per heavy atom. The Morgan fingerprint density at radius 2 is 0.580 bits per heavy atom. The van der Waals surface area contributed by atoms with E-state index >= 15 is 0 Å². The van der Waals surface area contributed by atoms with E-state index in [1.165, 1.54) is 43.2 Å². The summed E-state index contributed by atoms with van der Waals surface area (Å²) in [6.45, 7) is 49.3. The number of phenols is 4. The molecule has 0 aliphatic carbocycles. The maximum Gasteiger partial charge on any atom is 0.192 e. The average molecular weight is 2140 g/mol. The predicted molar refractivity (Wildman–Crippen MR) is 600 cm³/mol. The molecule has 6 atom stereocenters. The minimum atomic E-state index is -0.407. The smallest absolute Gasteiger partial charge is 0.192 e. The number of hydrogen-bond donors (Lipinski definition) is 8. The van der Waals surface area contributed by atoms with Crippen LogP contribution in [0, 0.1) is 54.9 Å². The molecule has 14 aromatic carbocycles. The number of benzene rings is 14. The van der Waals surface area contributed by atoms with Gasteiger partial charge in [-0.15, -0.1) is 24.3 Å². The van der Waals surface area contributed by atoms with Gasteiger partial charge in [0, 0.05) is 88.8 Å². The van der Waals surface area contributed by atoms with Crippen molar-refractivity contribution >= 4 is 23.2 Å². The summed E-state index contributed by atoms with van der Waals surface area (Å²) in [5.74, 6) is 7.55. The van der Waals surface area contributed by atoms with Gasteiger partial charge in [0.25, 0.3) is 0 Å². The largest absolute Gasteiger partial charge is 0.508 e. The molecule has 0 saturated carbocycles. The summed E-state index contributed by atoms with van der Waals surface area (Å²) < 4.78 is 41.3. The summed E-state index contributed by atoms with van der Waals surface area (Å²) in [5.41, 5.74) is 3.11. The van der Waals surface area contributed by atoms with Crippen LogP contribution in [-0.2, 0) is 74.7 Å². The zero-order valence-corrected chi connectivity index (χ0v) is 97.4. The van der Waals surface area contributed by atoms with Crippen molar-refractivity contribution in [3.8, 4) is 63.2 Å². The van der Waals surface area contributed by atoms with Gasteiger partial charge in [-0.1, -0.05) is 346 Å².